The van der Waals surface area contributed by atoms with E-state index in [0.717, 1.165) is 10.6 Å². The molecule has 9 heteroatoms. The van der Waals surface area contributed by atoms with E-state index in [0.29, 0.717) is 28.7 Å². The molecule has 0 aliphatic carbocycles. The highest BCUT2D eigenvalue weighted by Crippen LogP contribution is 2.29. The van der Waals surface area contributed by atoms with Crippen LogP contribution in [-0.4, -0.2) is 41.2 Å². The van der Waals surface area contributed by atoms with Gasteiger partial charge in [0.05, 0.1) is 36.3 Å². The largest absolute Gasteiger partial charge is 0.496 e. The van der Waals surface area contributed by atoms with Crippen LogP contribution in [0.2, 0.25) is 5.02 Å². The molecule has 2 heterocycles. The van der Waals surface area contributed by atoms with Gasteiger partial charge in [-0.1, -0.05) is 22.9 Å². The van der Waals surface area contributed by atoms with Gasteiger partial charge < -0.3 is 23.9 Å². The van der Waals surface area contributed by atoms with Crippen molar-refractivity contribution in [2.75, 3.05) is 13.7 Å². The number of halogens is 1. The van der Waals surface area contributed by atoms with Crippen LogP contribution >= 0.6 is 22.9 Å². The minimum absolute atomic E-state index is 0.197. The van der Waals surface area contributed by atoms with Gasteiger partial charge >= 0.3 is 0 Å². The number of aliphatic hydroxyl groups is 1. The zero-order valence-corrected chi connectivity index (χ0v) is 19.6. The van der Waals surface area contributed by atoms with Crippen LogP contribution in [0.4, 0.5) is 0 Å². The van der Waals surface area contributed by atoms with Gasteiger partial charge in [0, 0.05) is 10.7 Å². The lowest BCUT2D eigenvalue weighted by Crippen LogP contribution is -2.29. The molecule has 1 saturated heterocycles. The zero-order chi connectivity index (χ0) is 22.3. The van der Waals surface area contributed by atoms with Crippen molar-refractivity contribution >= 4 is 28.8 Å². The average Bonchev–Trinajstić information content (AvgIpc) is 3.15. The average molecular weight is 455 g/mol. The highest BCUT2D eigenvalue weighted by Gasteiger charge is 2.34. The Labute approximate surface area is 184 Å². The van der Waals surface area contributed by atoms with Crippen LogP contribution in [0.3, 0.4) is 0 Å². The lowest BCUT2D eigenvalue weighted by molar-refractivity contribution is -0.139. The van der Waals surface area contributed by atoms with E-state index in [1.165, 1.54) is 24.5 Å². The fraction of sp³-hybridized carbons (Fsp3) is 0.524. The first-order valence-electron chi connectivity index (χ1n) is 9.59. The molecule has 30 heavy (non-hydrogen) atoms. The number of carbonyl (C=O) groups excluding carboxylic acids is 1. The second-order valence-corrected chi connectivity index (χ2v) is 9.60. The molecule has 2 aromatic rings. The van der Waals surface area contributed by atoms with Crippen molar-refractivity contribution in [2.45, 2.75) is 58.7 Å². The number of aromatic nitrogens is 1. The van der Waals surface area contributed by atoms with Crippen LogP contribution in [0.25, 0.3) is 0 Å². The van der Waals surface area contributed by atoms with Gasteiger partial charge in [-0.05, 0) is 52.8 Å². The van der Waals surface area contributed by atoms with Gasteiger partial charge in [0.2, 0.25) is 0 Å². The van der Waals surface area contributed by atoms with E-state index >= 15 is 0 Å². The Morgan fingerprint density at radius 2 is 2.17 bits per heavy atom. The van der Waals surface area contributed by atoms with Crippen molar-refractivity contribution in [3.05, 3.63) is 44.2 Å². The van der Waals surface area contributed by atoms with E-state index in [4.69, 9.17) is 25.8 Å². The van der Waals surface area contributed by atoms with Gasteiger partial charge in [-0.25, -0.2) is 0 Å². The van der Waals surface area contributed by atoms with E-state index < -0.39 is 17.3 Å². The van der Waals surface area contributed by atoms with Crippen molar-refractivity contribution in [1.82, 2.24) is 4.57 Å². The number of methoxy groups -OCH3 is 1. The van der Waals surface area contributed by atoms with Crippen LogP contribution in [0.1, 0.15) is 48.6 Å². The molecule has 0 unspecified atom stereocenters. The third-order valence-corrected chi connectivity index (χ3v) is 6.48. The van der Waals surface area contributed by atoms with Crippen molar-refractivity contribution in [2.24, 2.45) is 4.99 Å². The monoisotopic (exact) mass is 454 g/mol. The van der Waals surface area contributed by atoms with Crippen LogP contribution in [0.5, 0.6) is 5.75 Å². The Kier molecular flexibility index (Phi) is 6.46. The van der Waals surface area contributed by atoms with E-state index in [9.17, 15) is 9.90 Å². The minimum atomic E-state index is -1.08. The second kappa shape index (κ2) is 8.43. The number of thiazole rings is 1. The first kappa shape index (κ1) is 23.0. The van der Waals surface area contributed by atoms with Gasteiger partial charge in [-0.2, -0.15) is 4.99 Å². The lowest BCUT2D eigenvalue weighted by atomic mass is 10.1. The fourth-order valence-electron chi connectivity index (χ4n) is 3.40. The number of ether oxygens (including phenoxy) is 3. The molecular formula is C21H27ClN2O5S. The van der Waals surface area contributed by atoms with Gasteiger partial charge in [0.15, 0.2) is 10.6 Å². The fourth-order valence-corrected chi connectivity index (χ4v) is 4.72. The molecule has 1 fully saturated rings. The van der Waals surface area contributed by atoms with Crippen LogP contribution in [-0.2, 0) is 21.6 Å². The Morgan fingerprint density at radius 1 is 1.47 bits per heavy atom. The van der Waals surface area contributed by atoms with Crippen molar-refractivity contribution in [3.8, 4) is 5.75 Å². The maximum absolute atomic E-state index is 13.0. The summed E-state index contributed by atoms with van der Waals surface area (Å²) in [4.78, 5) is 18.5. The molecule has 7 nitrogen and oxygen atoms in total. The summed E-state index contributed by atoms with van der Waals surface area (Å²) < 4.78 is 18.8. The summed E-state index contributed by atoms with van der Waals surface area (Å²) in [5.74, 6) is -0.740. The standard InChI is InChI=1S/C21H27ClN2O5S/c1-12-17(20(2,3)26)30-19(24(12)10-14-11-28-21(4,5)29-14)23-18(25)15-9-13(22)7-8-16(15)27-6/h7-9,14,26H,10-11H2,1-6H3/t14-/m0/s1. The molecule has 0 spiro atoms. The summed E-state index contributed by atoms with van der Waals surface area (Å²) in [6.07, 6.45) is -0.197. The smallest absolute Gasteiger partial charge is 0.283 e. The molecule has 1 aliphatic rings. The molecule has 1 atom stereocenters. The summed E-state index contributed by atoms with van der Waals surface area (Å²) in [6, 6.07) is 4.81. The number of benzene rings is 1. The molecule has 1 aromatic heterocycles. The molecule has 1 aromatic carbocycles. The highest BCUT2D eigenvalue weighted by molar-refractivity contribution is 7.09. The van der Waals surface area contributed by atoms with E-state index in [2.05, 4.69) is 4.99 Å². The van der Waals surface area contributed by atoms with Gasteiger partial charge in [-0.3, -0.25) is 4.79 Å². The summed E-state index contributed by atoms with van der Waals surface area (Å²) in [6.45, 7) is 9.92. The van der Waals surface area contributed by atoms with Crippen molar-refractivity contribution in [1.29, 1.82) is 0 Å². The van der Waals surface area contributed by atoms with E-state index in [1.807, 2.05) is 25.3 Å². The first-order chi connectivity index (χ1) is 13.9. The van der Waals surface area contributed by atoms with Crippen molar-refractivity contribution < 1.29 is 24.1 Å². The molecule has 0 radical (unpaired) electrons. The Morgan fingerprint density at radius 3 is 2.73 bits per heavy atom. The number of rotatable bonds is 5. The van der Waals surface area contributed by atoms with Crippen LogP contribution in [0, 0.1) is 6.92 Å². The minimum Gasteiger partial charge on any atom is -0.496 e. The Balaban J connectivity index is 2.07. The Hall–Kier alpha value is -1.71. The van der Waals surface area contributed by atoms with E-state index in [-0.39, 0.29) is 11.7 Å². The van der Waals surface area contributed by atoms with Crippen LogP contribution in [0.15, 0.2) is 23.2 Å². The predicted octanol–water partition coefficient (Wildman–Crippen LogP) is 3.64. The normalized spacial score (nSPS) is 19.3. The third-order valence-electron chi connectivity index (χ3n) is 4.76. The maximum Gasteiger partial charge on any atom is 0.283 e. The zero-order valence-electron chi connectivity index (χ0n) is 18.0. The number of nitrogens with zero attached hydrogens (tertiary/aromatic N) is 2. The molecule has 1 aliphatic heterocycles. The lowest BCUT2D eigenvalue weighted by Gasteiger charge is -2.19. The molecule has 1 amide bonds. The van der Waals surface area contributed by atoms with Gasteiger partial charge in [-0.15, -0.1) is 0 Å². The maximum atomic E-state index is 13.0. The molecule has 0 saturated carbocycles. The molecule has 0 bridgehead atoms. The molecular weight excluding hydrogens is 428 g/mol. The topological polar surface area (TPSA) is 82.3 Å². The quantitative estimate of drug-likeness (QED) is 0.745. The summed E-state index contributed by atoms with van der Waals surface area (Å²) >= 11 is 7.34. The molecule has 3 rings (SSSR count). The highest BCUT2D eigenvalue weighted by atomic mass is 35.5. The van der Waals surface area contributed by atoms with Crippen molar-refractivity contribution in [3.63, 3.8) is 0 Å². The Bertz CT molecular complexity index is 1020. The number of amides is 1. The summed E-state index contributed by atoms with van der Waals surface area (Å²) in [5, 5.41) is 11.0. The molecule has 164 valence electrons. The SMILES string of the molecule is COc1ccc(Cl)cc1C(=O)N=c1sc(C(C)(C)O)c(C)n1C[C@H]1COC(C)(C)O1. The third kappa shape index (κ3) is 4.95. The summed E-state index contributed by atoms with van der Waals surface area (Å²) in [5.41, 5.74) is 0.0207. The number of carbonyl (C=O) groups is 1. The van der Waals surface area contributed by atoms with Gasteiger partial charge in [0.1, 0.15) is 11.9 Å². The molecule has 1 N–H and O–H groups in total. The van der Waals surface area contributed by atoms with Gasteiger partial charge in [0.25, 0.3) is 5.91 Å². The second-order valence-electron chi connectivity index (χ2n) is 8.18. The van der Waals surface area contributed by atoms with Crippen LogP contribution < -0.4 is 9.54 Å². The van der Waals surface area contributed by atoms with E-state index in [1.54, 1.807) is 26.0 Å². The predicted molar refractivity (Wildman–Crippen MR) is 115 cm³/mol. The summed E-state index contributed by atoms with van der Waals surface area (Å²) in [7, 11) is 1.49. The first-order valence-corrected chi connectivity index (χ1v) is 10.8. The number of hydrogen-bond donors (Lipinski definition) is 1. The number of hydrogen-bond acceptors (Lipinski definition) is 6.